The van der Waals surface area contributed by atoms with Gasteiger partial charge < -0.3 is 20.6 Å². The minimum Gasteiger partial charge on any atom is -0.396 e. The molecule has 3 N–H and O–H groups in total. The van der Waals surface area contributed by atoms with E-state index in [-0.39, 0.29) is 18.4 Å². The van der Waals surface area contributed by atoms with Crippen LogP contribution in [0.5, 0.6) is 0 Å². The number of hydrogen-bond donors (Lipinski definition) is 3. The summed E-state index contributed by atoms with van der Waals surface area (Å²) in [7, 11) is 1.64. The molecule has 0 bridgehead atoms. The number of carbonyl (C=O) groups is 1. The van der Waals surface area contributed by atoms with Crippen molar-refractivity contribution in [2.45, 2.75) is 19.3 Å². The molecule has 4 heterocycles. The first kappa shape index (κ1) is 24.6. The van der Waals surface area contributed by atoms with Crippen molar-refractivity contribution < 1.29 is 9.90 Å². The minimum atomic E-state index is -0.112. The van der Waals surface area contributed by atoms with Gasteiger partial charge in [-0.25, -0.2) is 15.0 Å². The van der Waals surface area contributed by atoms with E-state index in [1.165, 1.54) is 0 Å². The van der Waals surface area contributed by atoms with Gasteiger partial charge in [0.2, 0.25) is 0 Å². The van der Waals surface area contributed by atoms with Crippen LogP contribution in [0.25, 0.3) is 22.2 Å². The van der Waals surface area contributed by atoms with Crippen molar-refractivity contribution in [3.05, 3.63) is 72.3 Å². The molecule has 0 aliphatic carbocycles. The lowest BCUT2D eigenvalue weighted by molar-refractivity contribution is 0.0964. The number of pyridine rings is 2. The van der Waals surface area contributed by atoms with Gasteiger partial charge >= 0.3 is 0 Å². The molecule has 1 unspecified atom stereocenters. The van der Waals surface area contributed by atoms with E-state index in [1.54, 1.807) is 25.6 Å². The van der Waals surface area contributed by atoms with E-state index < -0.39 is 0 Å². The fourth-order valence-corrected chi connectivity index (χ4v) is 4.71. The quantitative estimate of drug-likeness (QED) is 0.322. The molecule has 37 heavy (non-hydrogen) atoms. The Morgan fingerprint density at radius 3 is 2.76 bits per heavy atom. The molecule has 1 saturated heterocycles. The molecular formula is C28H31N7O2. The van der Waals surface area contributed by atoms with Gasteiger partial charge in [0.05, 0.1) is 16.8 Å². The summed E-state index contributed by atoms with van der Waals surface area (Å²) in [5.74, 6) is 2.14. The number of anilines is 2. The summed E-state index contributed by atoms with van der Waals surface area (Å²) in [6.07, 6.45) is 5.95. The molecule has 1 fully saturated rings. The highest BCUT2D eigenvalue weighted by Gasteiger charge is 2.26. The number of amides is 1. The fourth-order valence-electron chi connectivity index (χ4n) is 4.71. The number of carbonyl (C=O) groups excluding carboxylic acids is 1. The van der Waals surface area contributed by atoms with Crippen LogP contribution >= 0.6 is 0 Å². The van der Waals surface area contributed by atoms with E-state index in [0.717, 1.165) is 65.4 Å². The van der Waals surface area contributed by atoms with Crippen LogP contribution in [0.15, 0.2) is 61.2 Å². The molecule has 9 nitrogen and oxygen atoms in total. The van der Waals surface area contributed by atoms with Gasteiger partial charge in [-0.05, 0) is 36.1 Å². The molecule has 0 radical (unpaired) electrons. The van der Waals surface area contributed by atoms with Gasteiger partial charge in [-0.1, -0.05) is 25.1 Å². The SMILES string of the molecule is CNC(=O)c1ccnc2c(C(C)CCNc3cc(-c4ccc(N5CC(CO)C5)nc4)ncn3)cccc12. The topological polar surface area (TPSA) is 116 Å². The van der Waals surface area contributed by atoms with E-state index >= 15 is 0 Å². The second-order valence-corrected chi connectivity index (χ2v) is 9.44. The maximum Gasteiger partial charge on any atom is 0.251 e. The van der Waals surface area contributed by atoms with Gasteiger partial charge in [-0.3, -0.25) is 9.78 Å². The molecule has 190 valence electrons. The summed E-state index contributed by atoms with van der Waals surface area (Å²) >= 11 is 0. The first-order chi connectivity index (χ1) is 18.1. The van der Waals surface area contributed by atoms with E-state index in [4.69, 9.17) is 0 Å². The maximum atomic E-state index is 12.3. The highest BCUT2D eigenvalue weighted by Crippen LogP contribution is 2.29. The molecule has 1 amide bonds. The molecule has 0 spiro atoms. The van der Waals surface area contributed by atoms with Gasteiger partial charge in [0.15, 0.2) is 0 Å². The van der Waals surface area contributed by atoms with Crippen molar-refractivity contribution in [1.29, 1.82) is 0 Å². The Morgan fingerprint density at radius 1 is 1.14 bits per heavy atom. The predicted molar refractivity (Wildman–Crippen MR) is 145 cm³/mol. The van der Waals surface area contributed by atoms with E-state index in [1.807, 2.05) is 36.5 Å². The average Bonchev–Trinajstić information content (AvgIpc) is 2.92. The smallest absolute Gasteiger partial charge is 0.251 e. The molecule has 1 aliphatic rings. The number of rotatable bonds is 9. The van der Waals surface area contributed by atoms with E-state index in [2.05, 4.69) is 48.5 Å². The number of nitrogens with one attached hydrogen (secondary N) is 2. The minimum absolute atomic E-state index is 0.112. The van der Waals surface area contributed by atoms with Gasteiger partial charge in [0.1, 0.15) is 18.0 Å². The largest absolute Gasteiger partial charge is 0.396 e. The molecule has 1 atom stereocenters. The monoisotopic (exact) mass is 497 g/mol. The van der Waals surface area contributed by atoms with Crippen LogP contribution in [0.4, 0.5) is 11.6 Å². The lowest BCUT2D eigenvalue weighted by Gasteiger charge is -2.39. The zero-order valence-electron chi connectivity index (χ0n) is 21.1. The Balaban J connectivity index is 1.22. The zero-order valence-corrected chi connectivity index (χ0v) is 21.1. The van der Waals surface area contributed by atoms with Crippen LogP contribution in [-0.2, 0) is 0 Å². The third kappa shape index (κ3) is 5.22. The van der Waals surface area contributed by atoms with Crippen LogP contribution in [-0.4, -0.2) is 64.2 Å². The lowest BCUT2D eigenvalue weighted by atomic mass is 9.94. The number of aromatic nitrogens is 4. The van der Waals surface area contributed by atoms with Crippen molar-refractivity contribution in [2.75, 3.05) is 43.5 Å². The third-order valence-electron chi connectivity index (χ3n) is 6.94. The first-order valence-electron chi connectivity index (χ1n) is 12.5. The molecule has 1 aliphatic heterocycles. The van der Waals surface area contributed by atoms with Crippen molar-refractivity contribution in [3.8, 4) is 11.3 Å². The number of aliphatic hydroxyl groups is 1. The van der Waals surface area contributed by atoms with Gasteiger partial charge in [-0.15, -0.1) is 0 Å². The van der Waals surface area contributed by atoms with Crippen LogP contribution in [0, 0.1) is 5.92 Å². The average molecular weight is 498 g/mol. The molecule has 3 aromatic heterocycles. The van der Waals surface area contributed by atoms with Gasteiger partial charge in [0.25, 0.3) is 5.91 Å². The molecule has 1 aromatic carbocycles. The number of benzene rings is 1. The van der Waals surface area contributed by atoms with Gasteiger partial charge in [0, 0.05) is 68.6 Å². The van der Waals surface area contributed by atoms with E-state index in [0.29, 0.717) is 11.5 Å². The molecule has 9 heteroatoms. The lowest BCUT2D eigenvalue weighted by Crippen LogP contribution is -2.48. The Hall–Kier alpha value is -4.11. The Morgan fingerprint density at radius 2 is 2.00 bits per heavy atom. The third-order valence-corrected chi connectivity index (χ3v) is 6.94. The normalized spacial score (nSPS) is 14.3. The highest BCUT2D eigenvalue weighted by molar-refractivity contribution is 6.06. The summed E-state index contributed by atoms with van der Waals surface area (Å²) in [6, 6.07) is 13.7. The molecular weight excluding hydrogens is 466 g/mol. The Labute approximate surface area is 216 Å². The summed E-state index contributed by atoms with van der Waals surface area (Å²) in [6.45, 7) is 4.80. The molecule has 0 saturated carbocycles. The fraction of sp³-hybridized carbons (Fsp3) is 0.321. The Kier molecular flexibility index (Phi) is 7.23. The van der Waals surface area contributed by atoms with Crippen LogP contribution in [0.3, 0.4) is 0 Å². The predicted octanol–water partition coefficient (Wildman–Crippen LogP) is 3.48. The summed E-state index contributed by atoms with van der Waals surface area (Å²) in [5, 5.41) is 16.2. The molecule has 4 aromatic rings. The van der Waals surface area contributed by atoms with Crippen molar-refractivity contribution in [2.24, 2.45) is 5.92 Å². The highest BCUT2D eigenvalue weighted by atomic mass is 16.3. The Bertz CT molecular complexity index is 1390. The first-order valence-corrected chi connectivity index (χ1v) is 12.5. The van der Waals surface area contributed by atoms with Crippen LogP contribution in [0.2, 0.25) is 0 Å². The standard InChI is InChI=1S/C28H31N7O2/c1-18(21-4-3-5-22-23(28(37)29-2)9-11-31-27(21)22)8-10-30-25-12-24(33-17-34-25)20-6-7-26(32-13-20)35-14-19(15-35)16-36/h3-7,9,11-13,17-19,36H,8,10,14-16H2,1-2H3,(H,29,37)(H,30,33,34). The number of aliphatic hydroxyl groups excluding tert-OH is 1. The number of fused-ring (bicyclic) bond motifs is 1. The summed E-state index contributed by atoms with van der Waals surface area (Å²) < 4.78 is 0. The van der Waals surface area contributed by atoms with Crippen LogP contribution < -0.4 is 15.5 Å². The number of para-hydroxylation sites is 1. The van der Waals surface area contributed by atoms with Crippen molar-refractivity contribution in [1.82, 2.24) is 25.3 Å². The van der Waals surface area contributed by atoms with Crippen LogP contribution in [0.1, 0.15) is 35.2 Å². The van der Waals surface area contributed by atoms with E-state index in [9.17, 15) is 9.90 Å². The maximum absolute atomic E-state index is 12.3. The summed E-state index contributed by atoms with van der Waals surface area (Å²) in [5.41, 5.74) is 4.35. The van der Waals surface area contributed by atoms with Crippen molar-refractivity contribution in [3.63, 3.8) is 0 Å². The summed E-state index contributed by atoms with van der Waals surface area (Å²) in [4.78, 5) is 32.4. The second kappa shape index (κ2) is 10.9. The van der Waals surface area contributed by atoms with Crippen molar-refractivity contribution >= 4 is 28.4 Å². The molecule has 5 rings (SSSR count). The number of nitrogens with zero attached hydrogens (tertiary/aromatic N) is 5. The zero-order chi connectivity index (χ0) is 25.8. The second-order valence-electron chi connectivity index (χ2n) is 9.44. The van der Waals surface area contributed by atoms with Gasteiger partial charge in [-0.2, -0.15) is 0 Å². The number of hydrogen-bond acceptors (Lipinski definition) is 8.